The van der Waals surface area contributed by atoms with Gasteiger partial charge in [-0.15, -0.1) is 0 Å². The highest BCUT2D eigenvalue weighted by Crippen LogP contribution is 2.31. The molecule has 0 bridgehead atoms. The molecule has 1 aromatic carbocycles. The van der Waals surface area contributed by atoms with Gasteiger partial charge in [0.2, 0.25) is 0 Å². The SMILES string of the molecule is Nc1c(CO)ccnc1-c1ccc(Cl)c(Cl)c1. The van der Waals surface area contributed by atoms with Crippen molar-refractivity contribution in [2.24, 2.45) is 0 Å². The third kappa shape index (κ3) is 2.36. The van der Waals surface area contributed by atoms with Crippen LogP contribution in [0.25, 0.3) is 11.3 Å². The van der Waals surface area contributed by atoms with E-state index in [1.165, 1.54) is 0 Å². The molecule has 0 aliphatic heterocycles. The van der Waals surface area contributed by atoms with Crippen molar-refractivity contribution < 1.29 is 5.11 Å². The lowest BCUT2D eigenvalue weighted by atomic mass is 10.1. The highest BCUT2D eigenvalue weighted by molar-refractivity contribution is 6.42. The van der Waals surface area contributed by atoms with E-state index in [-0.39, 0.29) is 6.61 Å². The number of halogens is 2. The summed E-state index contributed by atoms with van der Waals surface area (Å²) in [6.45, 7) is -0.122. The van der Waals surface area contributed by atoms with Gasteiger partial charge in [-0.05, 0) is 18.2 Å². The summed E-state index contributed by atoms with van der Waals surface area (Å²) in [5.41, 5.74) is 8.37. The summed E-state index contributed by atoms with van der Waals surface area (Å²) >= 11 is 11.8. The van der Waals surface area contributed by atoms with Crippen molar-refractivity contribution in [2.45, 2.75) is 6.61 Å². The van der Waals surface area contributed by atoms with Crippen molar-refractivity contribution in [2.75, 3.05) is 5.73 Å². The molecular weight excluding hydrogens is 259 g/mol. The molecule has 0 fully saturated rings. The number of aromatic nitrogens is 1. The third-order valence-electron chi connectivity index (χ3n) is 2.44. The van der Waals surface area contributed by atoms with Crippen LogP contribution in [0.2, 0.25) is 10.0 Å². The number of benzene rings is 1. The van der Waals surface area contributed by atoms with E-state index in [1.807, 2.05) is 0 Å². The van der Waals surface area contributed by atoms with Crippen LogP contribution in [0.15, 0.2) is 30.5 Å². The largest absolute Gasteiger partial charge is 0.397 e. The van der Waals surface area contributed by atoms with Gasteiger partial charge in [-0.25, -0.2) is 0 Å². The minimum Gasteiger partial charge on any atom is -0.397 e. The number of nitrogens with zero attached hydrogens (tertiary/aromatic N) is 1. The Morgan fingerprint density at radius 2 is 1.94 bits per heavy atom. The fourth-order valence-electron chi connectivity index (χ4n) is 1.52. The van der Waals surface area contributed by atoms with Gasteiger partial charge in [0.25, 0.3) is 0 Å². The van der Waals surface area contributed by atoms with Crippen LogP contribution in [0, 0.1) is 0 Å². The first kappa shape index (κ1) is 12.2. The number of aliphatic hydroxyl groups is 1. The molecule has 0 radical (unpaired) electrons. The van der Waals surface area contributed by atoms with E-state index >= 15 is 0 Å². The Morgan fingerprint density at radius 3 is 2.59 bits per heavy atom. The van der Waals surface area contributed by atoms with Crippen LogP contribution in [0.5, 0.6) is 0 Å². The average Bonchev–Trinajstić information content (AvgIpc) is 2.33. The molecule has 1 heterocycles. The number of hydrogen-bond donors (Lipinski definition) is 2. The van der Waals surface area contributed by atoms with Crippen LogP contribution < -0.4 is 5.73 Å². The minimum absolute atomic E-state index is 0.122. The van der Waals surface area contributed by atoms with Crippen molar-refractivity contribution in [3.8, 4) is 11.3 Å². The summed E-state index contributed by atoms with van der Waals surface area (Å²) in [5.74, 6) is 0. The predicted molar refractivity (Wildman–Crippen MR) is 70.0 cm³/mol. The van der Waals surface area contributed by atoms with Gasteiger partial charge in [-0.1, -0.05) is 29.3 Å². The molecule has 0 saturated heterocycles. The maximum Gasteiger partial charge on any atom is 0.0935 e. The number of aliphatic hydroxyl groups excluding tert-OH is 1. The van der Waals surface area contributed by atoms with E-state index < -0.39 is 0 Å². The van der Waals surface area contributed by atoms with Crippen molar-refractivity contribution in [3.63, 3.8) is 0 Å². The fraction of sp³-hybridized carbons (Fsp3) is 0.0833. The second kappa shape index (κ2) is 4.92. The molecule has 0 unspecified atom stereocenters. The van der Waals surface area contributed by atoms with Gasteiger partial charge in [0.15, 0.2) is 0 Å². The molecule has 0 aliphatic carbocycles. The van der Waals surface area contributed by atoms with Crippen LogP contribution in [0.3, 0.4) is 0 Å². The summed E-state index contributed by atoms with van der Waals surface area (Å²) < 4.78 is 0. The molecule has 1 aromatic heterocycles. The Balaban J connectivity index is 2.56. The average molecular weight is 269 g/mol. The quantitative estimate of drug-likeness (QED) is 0.880. The number of rotatable bonds is 2. The van der Waals surface area contributed by atoms with Gasteiger partial charge in [0.05, 0.1) is 28.0 Å². The monoisotopic (exact) mass is 268 g/mol. The Morgan fingerprint density at radius 1 is 1.18 bits per heavy atom. The summed E-state index contributed by atoms with van der Waals surface area (Å²) in [4.78, 5) is 4.19. The van der Waals surface area contributed by atoms with Crippen molar-refractivity contribution >= 4 is 28.9 Å². The molecule has 17 heavy (non-hydrogen) atoms. The molecule has 2 aromatic rings. The third-order valence-corrected chi connectivity index (χ3v) is 3.18. The number of hydrogen-bond acceptors (Lipinski definition) is 3. The second-order valence-corrected chi connectivity index (χ2v) is 4.33. The van der Waals surface area contributed by atoms with Crippen LogP contribution in [-0.2, 0) is 6.61 Å². The second-order valence-electron chi connectivity index (χ2n) is 3.52. The zero-order chi connectivity index (χ0) is 12.4. The Kier molecular flexibility index (Phi) is 3.52. The lowest BCUT2D eigenvalue weighted by Gasteiger charge is -2.09. The Bertz CT molecular complexity index is 558. The highest BCUT2D eigenvalue weighted by atomic mass is 35.5. The first-order chi connectivity index (χ1) is 8.13. The van der Waals surface area contributed by atoms with E-state index in [9.17, 15) is 0 Å². The molecule has 0 atom stereocenters. The van der Waals surface area contributed by atoms with Gasteiger partial charge >= 0.3 is 0 Å². The van der Waals surface area contributed by atoms with Gasteiger partial charge in [0.1, 0.15) is 0 Å². The first-order valence-electron chi connectivity index (χ1n) is 4.93. The summed E-state index contributed by atoms with van der Waals surface area (Å²) in [7, 11) is 0. The molecular formula is C12H10Cl2N2O. The Labute approximate surface area is 109 Å². The molecule has 0 saturated carbocycles. The van der Waals surface area contributed by atoms with Crippen LogP contribution in [0.1, 0.15) is 5.56 Å². The van der Waals surface area contributed by atoms with E-state index in [1.54, 1.807) is 30.5 Å². The number of nitrogens with two attached hydrogens (primary N) is 1. The van der Waals surface area contributed by atoms with Gasteiger partial charge in [0, 0.05) is 17.3 Å². The molecule has 0 spiro atoms. The molecule has 2 rings (SSSR count). The Hall–Kier alpha value is -1.29. The molecule has 0 aliphatic rings. The van der Waals surface area contributed by atoms with Crippen LogP contribution >= 0.6 is 23.2 Å². The molecule has 3 N–H and O–H groups in total. The summed E-state index contributed by atoms with van der Waals surface area (Å²) in [6, 6.07) is 6.85. The maximum absolute atomic E-state index is 9.13. The zero-order valence-electron chi connectivity index (χ0n) is 8.82. The first-order valence-corrected chi connectivity index (χ1v) is 5.68. The number of nitrogen functional groups attached to an aromatic ring is 1. The molecule has 5 heteroatoms. The van der Waals surface area contributed by atoms with Gasteiger partial charge < -0.3 is 10.8 Å². The minimum atomic E-state index is -0.122. The molecule has 3 nitrogen and oxygen atoms in total. The summed E-state index contributed by atoms with van der Waals surface area (Å²) in [6.07, 6.45) is 1.60. The van der Waals surface area contributed by atoms with Crippen molar-refractivity contribution in [3.05, 3.63) is 46.1 Å². The number of pyridine rings is 1. The normalized spacial score (nSPS) is 10.5. The summed E-state index contributed by atoms with van der Waals surface area (Å²) in [5, 5.41) is 10.1. The maximum atomic E-state index is 9.13. The standard InChI is InChI=1S/C12H10Cl2N2O/c13-9-2-1-7(5-10(9)14)12-11(15)8(6-17)3-4-16-12/h1-5,17H,6,15H2. The van der Waals surface area contributed by atoms with Gasteiger partial charge in [-0.2, -0.15) is 0 Å². The lowest BCUT2D eigenvalue weighted by Crippen LogP contribution is -1.99. The van der Waals surface area contributed by atoms with Gasteiger partial charge in [-0.3, -0.25) is 4.98 Å². The number of anilines is 1. The molecule has 0 amide bonds. The van der Waals surface area contributed by atoms with E-state index in [2.05, 4.69) is 4.98 Å². The molecule has 88 valence electrons. The lowest BCUT2D eigenvalue weighted by molar-refractivity contribution is 0.282. The predicted octanol–water partition coefficient (Wildman–Crippen LogP) is 3.13. The van der Waals surface area contributed by atoms with Crippen LogP contribution in [-0.4, -0.2) is 10.1 Å². The van der Waals surface area contributed by atoms with Crippen molar-refractivity contribution in [1.29, 1.82) is 0 Å². The van der Waals surface area contributed by atoms with E-state index in [0.29, 0.717) is 27.0 Å². The van der Waals surface area contributed by atoms with Crippen molar-refractivity contribution in [1.82, 2.24) is 4.98 Å². The van der Waals surface area contributed by atoms with E-state index in [4.69, 9.17) is 34.0 Å². The zero-order valence-corrected chi connectivity index (χ0v) is 10.3. The fourth-order valence-corrected chi connectivity index (χ4v) is 1.82. The topological polar surface area (TPSA) is 59.1 Å². The smallest absolute Gasteiger partial charge is 0.0935 e. The van der Waals surface area contributed by atoms with Crippen LogP contribution in [0.4, 0.5) is 5.69 Å². The van der Waals surface area contributed by atoms with E-state index in [0.717, 1.165) is 5.56 Å². The highest BCUT2D eigenvalue weighted by Gasteiger charge is 2.09.